The summed E-state index contributed by atoms with van der Waals surface area (Å²) in [5, 5.41) is 14.0. The Morgan fingerprint density at radius 1 is 0.811 bits per heavy atom. The molecule has 0 saturated heterocycles. The highest BCUT2D eigenvalue weighted by atomic mass is 79.9. The summed E-state index contributed by atoms with van der Waals surface area (Å²) in [4.78, 5) is 12.5. The molecule has 0 heterocycles. The Hall–Kier alpha value is -1.07. The van der Waals surface area contributed by atoms with Gasteiger partial charge in [0.1, 0.15) is 5.75 Å². The second-order valence-electron chi connectivity index (χ2n) is 13.6. The predicted molar refractivity (Wildman–Crippen MR) is 156 cm³/mol. The van der Waals surface area contributed by atoms with Crippen LogP contribution in [0.4, 0.5) is 0 Å². The first-order valence-corrected chi connectivity index (χ1v) is 14.6. The molecule has 0 fully saturated rings. The molecule has 0 saturated carbocycles. The second kappa shape index (κ2) is 16.8. The zero-order chi connectivity index (χ0) is 27.4. The third-order valence-electron chi connectivity index (χ3n) is 7.31. The van der Waals surface area contributed by atoms with Crippen LogP contribution in [0, 0.1) is 0 Å². The predicted octanol–water partition coefficient (Wildman–Crippen LogP) is 4.65. The molecule has 0 aliphatic carbocycles. The van der Waals surface area contributed by atoms with E-state index < -0.39 is 0 Å². The molecule has 1 amide bonds. The standard InChI is InChI=1S/C32H58N2O2.BrH/c1-10-11-12-13-14-15-16-17-22-34(8,9)23-18-21-33-29(35)20-19-26-24-27(31(2,3)4)30(36)28(25-26)32(5,6)7;/h24-25H,10-23H2,1-9H3,(H-,33,35,36);1H. The molecule has 0 unspecified atom stereocenters. The minimum Gasteiger partial charge on any atom is -1.00 e. The molecular formula is C32H59BrN2O2. The number of nitrogens with zero attached hydrogens (tertiary/aromatic N) is 1. The fourth-order valence-electron chi connectivity index (χ4n) is 4.85. The fourth-order valence-corrected chi connectivity index (χ4v) is 4.85. The van der Waals surface area contributed by atoms with E-state index in [0.717, 1.165) is 40.7 Å². The van der Waals surface area contributed by atoms with Gasteiger partial charge >= 0.3 is 0 Å². The van der Waals surface area contributed by atoms with Crippen LogP contribution >= 0.6 is 0 Å². The summed E-state index contributed by atoms with van der Waals surface area (Å²) in [5.41, 5.74) is 2.74. The first-order valence-electron chi connectivity index (χ1n) is 14.6. The molecule has 37 heavy (non-hydrogen) atoms. The van der Waals surface area contributed by atoms with Gasteiger partial charge in [-0.15, -0.1) is 0 Å². The third kappa shape index (κ3) is 14.6. The van der Waals surface area contributed by atoms with Crippen molar-refractivity contribution >= 4 is 5.91 Å². The number of benzene rings is 1. The molecule has 0 aliphatic heterocycles. The van der Waals surface area contributed by atoms with Crippen LogP contribution in [-0.4, -0.2) is 49.2 Å². The van der Waals surface area contributed by atoms with E-state index in [-0.39, 0.29) is 33.7 Å². The highest BCUT2D eigenvalue weighted by molar-refractivity contribution is 5.76. The second-order valence-corrected chi connectivity index (χ2v) is 13.6. The summed E-state index contributed by atoms with van der Waals surface area (Å²) in [6.45, 7) is 18.1. The van der Waals surface area contributed by atoms with E-state index in [2.05, 4.69) is 80.0 Å². The molecule has 0 aliphatic rings. The lowest BCUT2D eigenvalue weighted by Gasteiger charge is -2.30. The number of rotatable bonds is 16. The van der Waals surface area contributed by atoms with Gasteiger partial charge in [-0.25, -0.2) is 0 Å². The first-order chi connectivity index (χ1) is 16.7. The van der Waals surface area contributed by atoms with Crippen molar-refractivity contribution in [2.75, 3.05) is 33.7 Å². The molecule has 0 aromatic heterocycles. The van der Waals surface area contributed by atoms with Gasteiger partial charge in [0, 0.05) is 19.4 Å². The minimum atomic E-state index is -0.151. The molecule has 216 valence electrons. The van der Waals surface area contributed by atoms with Crippen LogP contribution in [0.2, 0.25) is 0 Å². The summed E-state index contributed by atoms with van der Waals surface area (Å²) in [6.07, 6.45) is 13.1. The highest BCUT2D eigenvalue weighted by Crippen LogP contribution is 2.40. The molecule has 1 rings (SSSR count). The van der Waals surface area contributed by atoms with Gasteiger partial charge in [0.2, 0.25) is 5.91 Å². The van der Waals surface area contributed by atoms with E-state index in [9.17, 15) is 9.90 Å². The lowest BCUT2D eigenvalue weighted by Crippen LogP contribution is -3.00. The number of halogens is 1. The number of amides is 1. The van der Waals surface area contributed by atoms with Gasteiger partial charge in [0.15, 0.2) is 0 Å². The average Bonchev–Trinajstić information content (AvgIpc) is 2.76. The van der Waals surface area contributed by atoms with Crippen molar-refractivity contribution in [3.05, 3.63) is 28.8 Å². The van der Waals surface area contributed by atoms with Crippen molar-refractivity contribution in [1.29, 1.82) is 0 Å². The molecule has 0 radical (unpaired) electrons. The SMILES string of the molecule is CCCCCCCCCC[N+](C)(C)CCCNC(=O)CCc1cc(C(C)(C)C)c(O)c(C(C)(C)C)c1.[Br-]. The largest absolute Gasteiger partial charge is 1.00 e. The third-order valence-corrected chi connectivity index (χ3v) is 7.31. The van der Waals surface area contributed by atoms with Crippen LogP contribution in [0.3, 0.4) is 0 Å². The van der Waals surface area contributed by atoms with Crippen molar-refractivity contribution < 1.29 is 31.4 Å². The van der Waals surface area contributed by atoms with Gasteiger partial charge in [-0.05, 0) is 46.8 Å². The van der Waals surface area contributed by atoms with Gasteiger partial charge in [-0.1, -0.05) is 99.1 Å². The van der Waals surface area contributed by atoms with Gasteiger partial charge < -0.3 is 31.9 Å². The van der Waals surface area contributed by atoms with E-state index in [1.807, 2.05) is 0 Å². The molecule has 5 heteroatoms. The molecular weight excluding hydrogens is 524 g/mol. The van der Waals surface area contributed by atoms with Crippen LogP contribution in [0.15, 0.2) is 12.1 Å². The normalized spacial score (nSPS) is 12.4. The minimum absolute atomic E-state index is 0. The van der Waals surface area contributed by atoms with Crippen LogP contribution in [-0.2, 0) is 22.0 Å². The Bertz CT molecular complexity index is 756. The Balaban J connectivity index is 0.0000130. The van der Waals surface area contributed by atoms with Crippen LogP contribution in [0.1, 0.15) is 129 Å². The van der Waals surface area contributed by atoms with Crippen LogP contribution < -0.4 is 22.3 Å². The summed E-state index contributed by atoms with van der Waals surface area (Å²) in [5.74, 6) is 0.516. The van der Waals surface area contributed by atoms with Crippen molar-refractivity contribution in [2.45, 2.75) is 130 Å². The van der Waals surface area contributed by atoms with E-state index in [4.69, 9.17) is 0 Å². The van der Waals surface area contributed by atoms with E-state index in [1.54, 1.807) is 0 Å². The number of quaternary nitrogens is 1. The number of hydrogen-bond acceptors (Lipinski definition) is 2. The average molecular weight is 584 g/mol. The number of carbonyl (C=O) groups is 1. The first kappa shape index (κ1) is 35.9. The zero-order valence-electron chi connectivity index (χ0n) is 25.7. The number of aryl methyl sites for hydroxylation is 1. The Labute approximate surface area is 240 Å². The molecule has 1 aromatic carbocycles. The smallest absolute Gasteiger partial charge is 0.220 e. The number of hydrogen-bond donors (Lipinski definition) is 2. The maximum atomic E-state index is 12.5. The number of phenolic OH excluding ortho intramolecular Hbond substituents is 1. The maximum Gasteiger partial charge on any atom is 0.220 e. The van der Waals surface area contributed by atoms with Gasteiger partial charge in [-0.2, -0.15) is 0 Å². The quantitative estimate of drug-likeness (QED) is 0.220. The van der Waals surface area contributed by atoms with Crippen molar-refractivity contribution in [2.24, 2.45) is 0 Å². The van der Waals surface area contributed by atoms with Gasteiger partial charge in [0.05, 0.1) is 27.2 Å². The molecule has 0 atom stereocenters. The highest BCUT2D eigenvalue weighted by Gasteiger charge is 2.26. The molecule has 4 nitrogen and oxygen atoms in total. The zero-order valence-corrected chi connectivity index (χ0v) is 27.3. The Morgan fingerprint density at radius 2 is 1.27 bits per heavy atom. The summed E-state index contributed by atoms with van der Waals surface area (Å²) >= 11 is 0. The maximum absolute atomic E-state index is 12.5. The van der Waals surface area contributed by atoms with E-state index in [0.29, 0.717) is 18.6 Å². The van der Waals surface area contributed by atoms with E-state index in [1.165, 1.54) is 57.9 Å². The van der Waals surface area contributed by atoms with Crippen molar-refractivity contribution in [3.8, 4) is 5.75 Å². The summed E-state index contributed by atoms with van der Waals surface area (Å²) in [6, 6.07) is 4.17. The van der Waals surface area contributed by atoms with E-state index >= 15 is 0 Å². The van der Waals surface area contributed by atoms with Crippen LogP contribution in [0.5, 0.6) is 5.75 Å². The molecule has 0 bridgehead atoms. The van der Waals surface area contributed by atoms with Crippen molar-refractivity contribution in [1.82, 2.24) is 5.32 Å². The Kier molecular flexibility index (Phi) is 16.3. The number of phenols is 1. The summed E-state index contributed by atoms with van der Waals surface area (Å²) in [7, 11) is 4.63. The lowest BCUT2D eigenvalue weighted by molar-refractivity contribution is -0.890. The number of unbranched alkanes of at least 4 members (excludes halogenated alkanes) is 7. The lowest BCUT2D eigenvalue weighted by atomic mass is 9.78. The Morgan fingerprint density at radius 3 is 1.76 bits per heavy atom. The monoisotopic (exact) mass is 582 g/mol. The van der Waals surface area contributed by atoms with Gasteiger partial charge in [-0.3, -0.25) is 4.79 Å². The number of aromatic hydroxyl groups is 1. The number of nitrogens with one attached hydrogen (secondary N) is 1. The van der Waals surface area contributed by atoms with Crippen molar-refractivity contribution in [3.63, 3.8) is 0 Å². The summed E-state index contributed by atoms with van der Waals surface area (Å²) < 4.78 is 1.03. The van der Waals surface area contributed by atoms with Gasteiger partial charge in [0.25, 0.3) is 0 Å². The van der Waals surface area contributed by atoms with Crippen LogP contribution in [0.25, 0.3) is 0 Å². The number of carbonyl (C=O) groups excluding carboxylic acids is 1. The molecule has 2 N–H and O–H groups in total. The molecule has 1 aromatic rings. The molecule has 0 spiro atoms. The fraction of sp³-hybridized carbons (Fsp3) is 0.781. The topological polar surface area (TPSA) is 49.3 Å².